The van der Waals surface area contributed by atoms with Crippen LogP contribution in [0.4, 0.5) is 0 Å². The molecule has 26 heavy (non-hydrogen) atoms. The third-order valence-corrected chi connectivity index (χ3v) is 6.02. The van der Waals surface area contributed by atoms with Crippen molar-refractivity contribution in [1.82, 2.24) is 4.90 Å². The lowest BCUT2D eigenvalue weighted by Gasteiger charge is -2.29. The molecule has 1 amide bonds. The quantitative estimate of drug-likeness (QED) is 0.764. The van der Waals surface area contributed by atoms with Crippen LogP contribution in [-0.2, 0) is 14.6 Å². The molecule has 1 aliphatic heterocycles. The molecule has 2 N–H and O–H groups in total. The predicted octanol–water partition coefficient (Wildman–Crippen LogP) is 1.45. The van der Waals surface area contributed by atoms with E-state index in [-0.39, 0.29) is 28.4 Å². The molecule has 0 spiro atoms. The van der Waals surface area contributed by atoms with E-state index in [4.69, 9.17) is 15.2 Å². The van der Waals surface area contributed by atoms with Crippen molar-refractivity contribution in [2.24, 2.45) is 11.1 Å². The number of sulfone groups is 1. The zero-order chi connectivity index (χ0) is 19.4. The highest BCUT2D eigenvalue weighted by molar-refractivity contribution is 7.91. The number of nitrogens with zero attached hydrogens (tertiary/aromatic N) is 1. The Kier molecular flexibility index (Phi) is 6.52. The first-order valence-corrected chi connectivity index (χ1v) is 10.4. The fraction of sp³-hybridized carbons (Fsp3) is 0.611. The Labute approximate surface area is 155 Å². The summed E-state index contributed by atoms with van der Waals surface area (Å²) in [5.74, 6) is 0.501. The van der Waals surface area contributed by atoms with E-state index < -0.39 is 9.84 Å². The fourth-order valence-corrected chi connectivity index (χ4v) is 3.90. The van der Waals surface area contributed by atoms with Crippen molar-refractivity contribution in [3.63, 3.8) is 0 Å². The predicted molar refractivity (Wildman–Crippen MR) is 99.2 cm³/mol. The van der Waals surface area contributed by atoms with Gasteiger partial charge in [-0.3, -0.25) is 4.79 Å². The van der Waals surface area contributed by atoms with Crippen LogP contribution >= 0.6 is 0 Å². The normalized spacial score (nSPS) is 14.6. The summed E-state index contributed by atoms with van der Waals surface area (Å²) in [6.45, 7) is 5.87. The Morgan fingerprint density at radius 1 is 1.23 bits per heavy atom. The Bertz CT molecular complexity index is 746. The SMILES string of the molecule is CN(CC(C)(C)CN)C(=O)CCS(=O)(=O)c1ccc2c(c1)OCCCO2. The van der Waals surface area contributed by atoms with Crippen molar-refractivity contribution < 1.29 is 22.7 Å². The highest BCUT2D eigenvalue weighted by Crippen LogP contribution is 2.32. The molecule has 146 valence electrons. The molecule has 0 aliphatic carbocycles. The molecule has 0 fully saturated rings. The van der Waals surface area contributed by atoms with E-state index in [1.807, 2.05) is 13.8 Å². The molecule has 8 heteroatoms. The molecule has 0 bridgehead atoms. The molecule has 1 aromatic rings. The van der Waals surface area contributed by atoms with Crippen molar-refractivity contribution in [3.05, 3.63) is 18.2 Å². The zero-order valence-electron chi connectivity index (χ0n) is 15.7. The van der Waals surface area contributed by atoms with Gasteiger partial charge in [0.1, 0.15) is 0 Å². The molecule has 2 rings (SSSR count). The third kappa shape index (κ3) is 5.35. The lowest BCUT2D eigenvalue weighted by Crippen LogP contribution is -2.40. The monoisotopic (exact) mass is 384 g/mol. The maximum atomic E-state index is 12.6. The van der Waals surface area contributed by atoms with Gasteiger partial charge in [-0.05, 0) is 24.1 Å². The van der Waals surface area contributed by atoms with Crippen LogP contribution in [0.2, 0.25) is 0 Å². The standard InChI is InChI=1S/C18H28N2O5S/c1-18(2,12-19)13-20(3)17(21)7-10-26(22,23)14-5-6-15-16(11-14)25-9-4-8-24-15/h5-6,11H,4,7-10,12-13,19H2,1-3H3. The average molecular weight is 384 g/mol. The summed E-state index contributed by atoms with van der Waals surface area (Å²) in [6, 6.07) is 4.57. The lowest BCUT2D eigenvalue weighted by molar-refractivity contribution is -0.130. The Balaban J connectivity index is 2.02. The van der Waals surface area contributed by atoms with Gasteiger partial charge in [-0.25, -0.2) is 8.42 Å². The number of hydrogen-bond acceptors (Lipinski definition) is 6. The summed E-state index contributed by atoms with van der Waals surface area (Å²) in [7, 11) is -1.92. The zero-order valence-corrected chi connectivity index (χ0v) is 16.5. The number of carbonyl (C=O) groups is 1. The number of rotatable bonds is 7. The minimum Gasteiger partial charge on any atom is -0.490 e. The molecule has 7 nitrogen and oxygen atoms in total. The largest absolute Gasteiger partial charge is 0.490 e. The molecular formula is C18H28N2O5S. The molecule has 1 heterocycles. The van der Waals surface area contributed by atoms with Crippen molar-refractivity contribution in [3.8, 4) is 11.5 Å². The van der Waals surface area contributed by atoms with E-state index >= 15 is 0 Å². The van der Waals surface area contributed by atoms with Crippen LogP contribution < -0.4 is 15.2 Å². The van der Waals surface area contributed by atoms with Crippen molar-refractivity contribution >= 4 is 15.7 Å². The van der Waals surface area contributed by atoms with Gasteiger partial charge < -0.3 is 20.1 Å². The third-order valence-electron chi connectivity index (χ3n) is 4.31. The van der Waals surface area contributed by atoms with E-state index in [1.54, 1.807) is 13.1 Å². The fourth-order valence-electron chi connectivity index (χ4n) is 2.66. The number of amides is 1. The maximum Gasteiger partial charge on any atom is 0.223 e. The summed E-state index contributed by atoms with van der Waals surface area (Å²) < 4.78 is 36.2. The molecule has 0 radical (unpaired) electrons. The van der Waals surface area contributed by atoms with Gasteiger partial charge in [-0.2, -0.15) is 0 Å². The maximum absolute atomic E-state index is 12.6. The van der Waals surface area contributed by atoms with Crippen LogP contribution in [0.15, 0.2) is 23.1 Å². The second kappa shape index (κ2) is 8.26. The van der Waals surface area contributed by atoms with Gasteiger partial charge in [-0.1, -0.05) is 13.8 Å². The second-order valence-corrected chi connectivity index (χ2v) is 9.46. The molecule has 0 unspecified atom stereocenters. The van der Waals surface area contributed by atoms with Crippen molar-refractivity contribution in [2.75, 3.05) is 39.1 Å². The molecule has 0 saturated carbocycles. The molecule has 1 aromatic carbocycles. The molecular weight excluding hydrogens is 356 g/mol. The van der Waals surface area contributed by atoms with Crippen LogP contribution in [-0.4, -0.2) is 58.3 Å². The number of ether oxygens (including phenoxy) is 2. The van der Waals surface area contributed by atoms with Crippen molar-refractivity contribution in [1.29, 1.82) is 0 Å². The molecule has 1 aliphatic rings. The molecule has 0 atom stereocenters. The number of fused-ring (bicyclic) bond motifs is 1. The first kappa shape index (κ1) is 20.5. The number of hydrogen-bond donors (Lipinski definition) is 1. The minimum atomic E-state index is -3.59. The summed E-state index contributed by atoms with van der Waals surface area (Å²) in [4.78, 5) is 13.9. The van der Waals surface area contributed by atoms with E-state index in [0.717, 1.165) is 6.42 Å². The topological polar surface area (TPSA) is 98.9 Å². The van der Waals surface area contributed by atoms with E-state index in [1.165, 1.54) is 17.0 Å². The Morgan fingerprint density at radius 2 is 1.88 bits per heavy atom. The summed E-state index contributed by atoms with van der Waals surface area (Å²) >= 11 is 0. The summed E-state index contributed by atoms with van der Waals surface area (Å²) in [5.41, 5.74) is 5.47. The minimum absolute atomic E-state index is 0.0755. The average Bonchev–Trinajstić information content (AvgIpc) is 2.84. The number of benzene rings is 1. The van der Waals surface area contributed by atoms with Gasteiger partial charge in [0, 0.05) is 32.5 Å². The molecule has 0 saturated heterocycles. The van der Waals surface area contributed by atoms with Crippen LogP contribution in [0.3, 0.4) is 0 Å². The number of carbonyl (C=O) groups excluding carboxylic acids is 1. The second-order valence-electron chi connectivity index (χ2n) is 7.35. The van der Waals surface area contributed by atoms with Crippen LogP contribution in [0.5, 0.6) is 11.5 Å². The van der Waals surface area contributed by atoms with Crippen molar-refractivity contribution in [2.45, 2.75) is 31.6 Å². The summed E-state index contributed by atoms with van der Waals surface area (Å²) in [6.07, 6.45) is 0.671. The van der Waals surface area contributed by atoms with E-state index in [9.17, 15) is 13.2 Å². The van der Waals surface area contributed by atoms with Gasteiger partial charge in [0.05, 0.1) is 23.9 Å². The highest BCUT2D eigenvalue weighted by Gasteiger charge is 2.24. The van der Waals surface area contributed by atoms with Crippen LogP contribution in [0.1, 0.15) is 26.7 Å². The molecule has 0 aromatic heterocycles. The van der Waals surface area contributed by atoms with E-state index in [2.05, 4.69) is 0 Å². The van der Waals surface area contributed by atoms with E-state index in [0.29, 0.717) is 37.8 Å². The van der Waals surface area contributed by atoms with Gasteiger partial charge >= 0.3 is 0 Å². The number of nitrogens with two attached hydrogens (primary N) is 1. The van der Waals surface area contributed by atoms with Gasteiger partial charge in [-0.15, -0.1) is 0 Å². The van der Waals surface area contributed by atoms with Gasteiger partial charge in [0.2, 0.25) is 5.91 Å². The Hall–Kier alpha value is -1.80. The first-order chi connectivity index (χ1) is 12.1. The summed E-state index contributed by atoms with van der Waals surface area (Å²) in [5, 5.41) is 0. The Morgan fingerprint density at radius 3 is 2.54 bits per heavy atom. The lowest BCUT2D eigenvalue weighted by atomic mass is 9.93. The van der Waals surface area contributed by atoms with Crippen LogP contribution in [0.25, 0.3) is 0 Å². The first-order valence-electron chi connectivity index (χ1n) is 8.71. The van der Waals surface area contributed by atoms with Gasteiger partial charge in [0.25, 0.3) is 0 Å². The smallest absolute Gasteiger partial charge is 0.223 e. The van der Waals surface area contributed by atoms with Gasteiger partial charge in [0.15, 0.2) is 21.3 Å². The highest BCUT2D eigenvalue weighted by atomic mass is 32.2. The van der Waals surface area contributed by atoms with Crippen LogP contribution in [0, 0.1) is 5.41 Å².